The van der Waals surface area contributed by atoms with E-state index in [4.69, 9.17) is 4.52 Å². The van der Waals surface area contributed by atoms with Crippen LogP contribution in [-0.2, 0) is 18.9 Å². The molecule has 1 aliphatic carbocycles. The summed E-state index contributed by atoms with van der Waals surface area (Å²) < 4.78 is 46.8. The normalized spacial score (nSPS) is 15.5. The number of nitrogens with zero attached hydrogens (tertiary/aromatic N) is 7. The van der Waals surface area contributed by atoms with Crippen LogP contribution < -0.4 is 0 Å². The van der Waals surface area contributed by atoms with Crippen LogP contribution in [0.15, 0.2) is 22.9 Å². The largest absolute Gasteiger partial charge is 0.403 e. The number of imidazole rings is 1. The number of fused-ring (bicyclic) bond motifs is 1. The number of aromatic nitrogens is 7. The van der Waals surface area contributed by atoms with Crippen LogP contribution in [0.5, 0.6) is 0 Å². The van der Waals surface area contributed by atoms with Gasteiger partial charge >= 0.3 is 6.18 Å². The topological polar surface area (TPSA) is 95.4 Å². The molecule has 0 spiro atoms. The third kappa shape index (κ3) is 2.98. The zero-order valence-corrected chi connectivity index (χ0v) is 17.0. The molecule has 0 bridgehead atoms. The van der Waals surface area contributed by atoms with Crippen LogP contribution in [0.1, 0.15) is 36.9 Å². The fourth-order valence-electron chi connectivity index (χ4n) is 3.67. The summed E-state index contributed by atoms with van der Waals surface area (Å²) in [4.78, 5) is 13.2. The van der Waals surface area contributed by atoms with Crippen LogP contribution in [-0.4, -0.2) is 41.0 Å². The molecule has 4 aromatic rings. The Morgan fingerprint density at radius 1 is 1.16 bits per heavy atom. The number of pyridine rings is 1. The van der Waals surface area contributed by atoms with Gasteiger partial charge in [-0.1, -0.05) is 12.1 Å². The number of alkyl halides is 3. The smallest absolute Gasteiger partial charge is 0.338 e. The second-order valence-electron chi connectivity index (χ2n) is 7.78. The van der Waals surface area contributed by atoms with Crippen molar-refractivity contribution in [2.45, 2.75) is 44.7 Å². The molecule has 0 aromatic carbocycles. The van der Waals surface area contributed by atoms with Crippen molar-refractivity contribution in [3.63, 3.8) is 0 Å². The maximum absolute atomic E-state index is 13.3. The van der Waals surface area contributed by atoms with E-state index in [1.54, 1.807) is 6.07 Å². The van der Waals surface area contributed by atoms with Crippen molar-refractivity contribution in [3.8, 4) is 22.9 Å². The first-order chi connectivity index (χ1) is 14.7. The van der Waals surface area contributed by atoms with Crippen molar-refractivity contribution in [1.82, 2.24) is 34.9 Å². The highest BCUT2D eigenvalue weighted by atomic mass is 19.4. The van der Waals surface area contributed by atoms with Crippen LogP contribution in [0.4, 0.5) is 13.2 Å². The SMILES string of the molecule is CCc1cc(-c2noc(C3(C(F)(F)F)CC3)n2)cnc1-c1nc2cc(C)nnc2n1C. The minimum atomic E-state index is -4.41. The third-order valence-electron chi connectivity index (χ3n) is 5.68. The molecule has 31 heavy (non-hydrogen) atoms. The highest BCUT2D eigenvalue weighted by molar-refractivity contribution is 5.77. The van der Waals surface area contributed by atoms with E-state index >= 15 is 0 Å². The van der Waals surface area contributed by atoms with Crippen LogP contribution in [0.25, 0.3) is 34.1 Å². The lowest BCUT2D eigenvalue weighted by Crippen LogP contribution is -2.28. The van der Waals surface area contributed by atoms with Crippen molar-refractivity contribution in [3.05, 3.63) is 35.5 Å². The molecule has 0 aliphatic heterocycles. The van der Waals surface area contributed by atoms with Gasteiger partial charge in [0.1, 0.15) is 16.6 Å². The van der Waals surface area contributed by atoms with E-state index in [1.807, 2.05) is 31.5 Å². The Bertz CT molecular complexity index is 1300. The number of rotatable bonds is 4. The summed E-state index contributed by atoms with van der Waals surface area (Å²) in [7, 11) is 1.83. The number of aryl methyl sites for hydroxylation is 3. The molecule has 8 nitrogen and oxygen atoms in total. The van der Waals surface area contributed by atoms with Gasteiger partial charge in [0.25, 0.3) is 0 Å². The number of halogens is 3. The van der Waals surface area contributed by atoms with Crippen LogP contribution in [0, 0.1) is 6.92 Å². The molecule has 4 heterocycles. The van der Waals surface area contributed by atoms with Gasteiger partial charge in [-0.25, -0.2) is 4.98 Å². The Balaban J connectivity index is 1.55. The van der Waals surface area contributed by atoms with Gasteiger partial charge in [0, 0.05) is 18.8 Å². The van der Waals surface area contributed by atoms with Crippen LogP contribution in [0.2, 0.25) is 0 Å². The monoisotopic (exact) mass is 429 g/mol. The highest BCUT2D eigenvalue weighted by Gasteiger charge is 2.68. The van der Waals surface area contributed by atoms with Crippen molar-refractivity contribution in [2.75, 3.05) is 0 Å². The Morgan fingerprint density at radius 2 is 1.94 bits per heavy atom. The lowest BCUT2D eigenvalue weighted by atomic mass is 10.1. The summed E-state index contributed by atoms with van der Waals surface area (Å²) >= 11 is 0. The van der Waals surface area contributed by atoms with Gasteiger partial charge in [-0.3, -0.25) is 4.98 Å². The summed E-state index contributed by atoms with van der Waals surface area (Å²) in [5.74, 6) is 0.327. The van der Waals surface area contributed by atoms with E-state index < -0.39 is 11.6 Å². The first-order valence-corrected chi connectivity index (χ1v) is 9.81. The Labute approximate surface area is 174 Å². The summed E-state index contributed by atoms with van der Waals surface area (Å²) in [5.41, 5.74) is 2.09. The fourth-order valence-corrected chi connectivity index (χ4v) is 3.67. The number of hydrogen-bond acceptors (Lipinski definition) is 7. The van der Waals surface area contributed by atoms with Crippen molar-refractivity contribution < 1.29 is 17.7 Å². The molecule has 0 N–H and O–H groups in total. The molecular weight excluding hydrogens is 411 g/mol. The molecule has 0 saturated heterocycles. The van der Waals surface area contributed by atoms with Gasteiger partial charge in [0.05, 0.1) is 5.69 Å². The second-order valence-corrected chi connectivity index (χ2v) is 7.78. The van der Waals surface area contributed by atoms with E-state index in [-0.39, 0.29) is 24.6 Å². The van der Waals surface area contributed by atoms with Gasteiger partial charge in [-0.05, 0) is 43.9 Å². The van der Waals surface area contributed by atoms with E-state index in [0.717, 1.165) is 11.3 Å². The summed E-state index contributed by atoms with van der Waals surface area (Å²) in [6.45, 7) is 3.80. The van der Waals surface area contributed by atoms with E-state index in [0.29, 0.717) is 34.7 Å². The molecule has 0 unspecified atom stereocenters. The molecule has 1 fully saturated rings. The predicted octanol–water partition coefficient (Wildman–Crippen LogP) is 3.94. The third-order valence-corrected chi connectivity index (χ3v) is 5.68. The van der Waals surface area contributed by atoms with Gasteiger partial charge in [-0.2, -0.15) is 23.3 Å². The van der Waals surface area contributed by atoms with E-state index in [2.05, 4.69) is 30.3 Å². The minimum absolute atomic E-state index is 0.0371. The zero-order chi connectivity index (χ0) is 22.0. The molecule has 160 valence electrons. The standard InChI is InChI=1S/C20H18F3N7O/c1-4-11-8-12(15-26-18(31-29-15)19(5-6-19)20(21,22)23)9-24-14(11)17-25-13-7-10(2)27-28-16(13)30(17)3/h7-9H,4-6H2,1-3H3. The zero-order valence-electron chi connectivity index (χ0n) is 17.0. The second kappa shape index (κ2) is 6.56. The molecule has 4 aromatic heterocycles. The fraction of sp³-hybridized carbons (Fsp3) is 0.400. The average Bonchev–Trinajstić information content (AvgIpc) is 3.31. The molecule has 11 heteroatoms. The van der Waals surface area contributed by atoms with E-state index in [9.17, 15) is 13.2 Å². The quantitative estimate of drug-likeness (QED) is 0.485. The lowest BCUT2D eigenvalue weighted by molar-refractivity contribution is -0.166. The Morgan fingerprint density at radius 3 is 2.61 bits per heavy atom. The predicted molar refractivity (Wildman–Crippen MR) is 104 cm³/mol. The maximum Gasteiger partial charge on any atom is 0.403 e. The molecule has 1 aliphatic rings. The summed E-state index contributed by atoms with van der Waals surface area (Å²) in [6, 6.07) is 3.65. The summed E-state index contributed by atoms with van der Waals surface area (Å²) in [6.07, 6.45) is -2.34. The van der Waals surface area contributed by atoms with Crippen molar-refractivity contribution in [1.29, 1.82) is 0 Å². The van der Waals surface area contributed by atoms with Gasteiger partial charge in [0.2, 0.25) is 11.7 Å². The lowest BCUT2D eigenvalue weighted by Gasteiger charge is -2.13. The van der Waals surface area contributed by atoms with Crippen LogP contribution >= 0.6 is 0 Å². The molecule has 0 amide bonds. The minimum Gasteiger partial charge on any atom is -0.338 e. The number of hydrogen-bond donors (Lipinski definition) is 0. The first kappa shape index (κ1) is 19.6. The Kier molecular flexibility index (Phi) is 4.15. The average molecular weight is 429 g/mol. The Hall–Kier alpha value is -3.37. The molecular formula is C20H18F3N7O. The molecule has 1 saturated carbocycles. The van der Waals surface area contributed by atoms with E-state index in [1.165, 1.54) is 6.20 Å². The molecule has 5 rings (SSSR count). The van der Waals surface area contributed by atoms with Gasteiger partial charge in [-0.15, -0.1) is 5.10 Å². The van der Waals surface area contributed by atoms with Gasteiger partial charge < -0.3 is 9.09 Å². The highest BCUT2D eigenvalue weighted by Crippen LogP contribution is 2.58. The van der Waals surface area contributed by atoms with Crippen molar-refractivity contribution in [2.24, 2.45) is 7.05 Å². The summed E-state index contributed by atoms with van der Waals surface area (Å²) in [5, 5.41) is 12.1. The molecule has 0 radical (unpaired) electrons. The maximum atomic E-state index is 13.3. The van der Waals surface area contributed by atoms with Gasteiger partial charge in [0.15, 0.2) is 11.5 Å². The first-order valence-electron chi connectivity index (χ1n) is 9.81. The molecule has 0 atom stereocenters. The van der Waals surface area contributed by atoms with Crippen LogP contribution in [0.3, 0.4) is 0 Å². The van der Waals surface area contributed by atoms with Crippen molar-refractivity contribution >= 4 is 11.2 Å².